The van der Waals surface area contributed by atoms with E-state index < -0.39 is 10.0 Å². The lowest BCUT2D eigenvalue weighted by Crippen LogP contribution is -2.34. The highest BCUT2D eigenvalue weighted by Gasteiger charge is 2.28. The van der Waals surface area contributed by atoms with Gasteiger partial charge in [0.25, 0.3) is 5.56 Å². The van der Waals surface area contributed by atoms with Crippen LogP contribution in [0.2, 0.25) is 0 Å². The SMILES string of the molecule is Cc1cc2cc(CN(CCc3ccccc3C)S(=O)(=O)c3ccc4c(c3)OCCO4)c(=O)[nH]c2cc1C. The van der Waals surface area contributed by atoms with Crippen LogP contribution in [-0.2, 0) is 23.0 Å². The summed E-state index contributed by atoms with van der Waals surface area (Å²) in [5.74, 6) is 0.925. The molecule has 0 radical (unpaired) electrons. The first-order chi connectivity index (χ1) is 17.7. The number of aromatic nitrogens is 1. The highest BCUT2D eigenvalue weighted by Crippen LogP contribution is 2.33. The van der Waals surface area contributed by atoms with E-state index in [1.165, 1.54) is 16.4 Å². The molecule has 0 atom stereocenters. The Balaban J connectivity index is 1.53. The average Bonchev–Trinajstić information content (AvgIpc) is 2.88. The minimum atomic E-state index is -3.96. The second-order valence-electron chi connectivity index (χ2n) is 9.47. The van der Waals surface area contributed by atoms with E-state index in [1.54, 1.807) is 12.1 Å². The lowest BCUT2D eigenvalue weighted by atomic mass is 10.0. The van der Waals surface area contributed by atoms with Crippen LogP contribution in [0.4, 0.5) is 0 Å². The van der Waals surface area contributed by atoms with E-state index in [0.717, 1.165) is 33.2 Å². The summed E-state index contributed by atoms with van der Waals surface area (Å²) in [6, 6.07) is 18.3. The van der Waals surface area contributed by atoms with Crippen molar-refractivity contribution in [1.29, 1.82) is 0 Å². The van der Waals surface area contributed by atoms with Gasteiger partial charge in [-0.3, -0.25) is 4.79 Å². The zero-order valence-electron chi connectivity index (χ0n) is 21.2. The van der Waals surface area contributed by atoms with Gasteiger partial charge in [0.1, 0.15) is 13.2 Å². The predicted molar refractivity (Wildman–Crippen MR) is 144 cm³/mol. The summed E-state index contributed by atoms with van der Waals surface area (Å²) in [6.07, 6.45) is 0.514. The quantitative estimate of drug-likeness (QED) is 0.385. The summed E-state index contributed by atoms with van der Waals surface area (Å²) in [5.41, 5.74) is 5.16. The first-order valence-corrected chi connectivity index (χ1v) is 13.7. The van der Waals surface area contributed by atoms with Gasteiger partial charge in [-0.2, -0.15) is 4.31 Å². The molecule has 1 aliphatic heterocycles. The molecule has 0 bridgehead atoms. The Labute approximate surface area is 216 Å². The largest absolute Gasteiger partial charge is 0.486 e. The third-order valence-corrected chi connectivity index (χ3v) is 8.77. The van der Waals surface area contributed by atoms with Gasteiger partial charge in [-0.1, -0.05) is 24.3 Å². The van der Waals surface area contributed by atoms with Crippen LogP contribution in [-0.4, -0.2) is 37.5 Å². The number of hydrogen-bond acceptors (Lipinski definition) is 5. The number of H-pyrrole nitrogens is 1. The monoisotopic (exact) mass is 518 g/mol. The number of aromatic amines is 1. The van der Waals surface area contributed by atoms with Gasteiger partial charge in [0.15, 0.2) is 11.5 Å². The first-order valence-electron chi connectivity index (χ1n) is 12.3. The zero-order valence-corrected chi connectivity index (χ0v) is 22.0. The summed E-state index contributed by atoms with van der Waals surface area (Å²) < 4.78 is 40.4. The molecule has 1 aromatic heterocycles. The van der Waals surface area contributed by atoms with Crippen LogP contribution in [0.3, 0.4) is 0 Å². The Hall–Kier alpha value is -3.62. The van der Waals surface area contributed by atoms with Crippen LogP contribution < -0.4 is 15.0 Å². The smallest absolute Gasteiger partial charge is 0.252 e. The van der Waals surface area contributed by atoms with Crippen molar-refractivity contribution in [3.63, 3.8) is 0 Å². The van der Waals surface area contributed by atoms with Crippen LogP contribution in [0.15, 0.2) is 70.4 Å². The standard InChI is InChI=1S/C29H30N2O5S/c1-19-6-4-5-7-22(19)10-11-31(37(33,34)25-8-9-27-28(17-25)36-13-12-35-27)18-24-16-23-14-20(2)21(3)15-26(23)30-29(24)32/h4-9,14-17H,10-13,18H2,1-3H3,(H,30,32). The van der Waals surface area contributed by atoms with Crippen molar-refractivity contribution in [1.82, 2.24) is 9.29 Å². The molecule has 4 aromatic rings. The number of pyridine rings is 1. The molecule has 0 unspecified atom stereocenters. The van der Waals surface area contributed by atoms with Gasteiger partial charge in [0.05, 0.1) is 4.90 Å². The maximum absolute atomic E-state index is 13.9. The number of nitrogens with one attached hydrogen (secondary N) is 1. The highest BCUT2D eigenvalue weighted by molar-refractivity contribution is 7.89. The summed E-state index contributed by atoms with van der Waals surface area (Å²) in [7, 11) is -3.96. The van der Waals surface area contributed by atoms with Gasteiger partial charge in [-0.15, -0.1) is 0 Å². The van der Waals surface area contributed by atoms with E-state index >= 15 is 0 Å². The van der Waals surface area contributed by atoms with Crippen molar-refractivity contribution in [2.75, 3.05) is 19.8 Å². The van der Waals surface area contributed by atoms with Crippen LogP contribution in [0.5, 0.6) is 11.5 Å². The molecular formula is C29H30N2O5S. The molecule has 8 heteroatoms. The second kappa shape index (κ2) is 10.0. The number of hydrogen-bond donors (Lipinski definition) is 1. The minimum Gasteiger partial charge on any atom is -0.486 e. The zero-order chi connectivity index (χ0) is 26.2. The molecular weight excluding hydrogens is 488 g/mol. The molecule has 3 aromatic carbocycles. The molecule has 7 nitrogen and oxygen atoms in total. The molecule has 0 saturated carbocycles. The highest BCUT2D eigenvalue weighted by atomic mass is 32.2. The second-order valence-corrected chi connectivity index (χ2v) is 11.4. The van der Waals surface area contributed by atoms with Gasteiger partial charge in [-0.05, 0) is 85.2 Å². The van der Waals surface area contributed by atoms with E-state index in [4.69, 9.17) is 9.47 Å². The number of fused-ring (bicyclic) bond motifs is 2. The number of nitrogens with zero attached hydrogens (tertiary/aromatic N) is 1. The fourth-order valence-electron chi connectivity index (χ4n) is 4.58. The molecule has 37 heavy (non-hydrogen) atoms. The lowest BCUT2D eigenvalue weighted by molar-refractivity contribution is 0.171. The van der Waals surface area contributed by atoms with Gasteiger partial charge < -0.3 is 14.5 Å². The van der Waals surface area contributed by atoms with Crippen molar-refractivity contribution < 1.29 is 17.9 Å². The van der Waals surface area contributed by atoms with E-state index in [2.05, 4.69) is 4.98 Å². The third kappa shape index (κ3) is 5.12. The van der Waals surface area contributed by atoms with Gasteiger partial charge in [0.2, 0.25) is 10.0 Å². The first kappa shape index (κ1) is 25.0. The average molecular weight is 519 g/mol. The summed E-state index contributed by atoms with van der Waals surface area (Å²) in [6.45, 7) is 6.96. The van der Waals surface area contributed by atoms with Gasteiger partial charge in [0, 0.05) is 30.2 Å². The Morgan fingerprint density at radius 2 is 1.57 bits per heavy atom. The number of sulfonamides is 1. The number of benzene rings is 3. The maximum atomic E-state index is 13.9. The van der Waals surface area contributed by atoms with E-state index in [0.29, 0.717) is 36.7 Å². The van der Waals surface area contributed by atoms with Crippen LogP contribution in [0, 0.1) is 20.8 Å². The van der Waals surface area contributed by atoms with Crippen molar-refractivity contribution in [2.24, 2.45) is 0 Å². The van der Waals surface area contributed by atoms with Crippen LogP contribution in [0.25, 0.3) is 10.9 Å². The molecule has 192 valence electrons. The van der Waals surface area contributed by atoms with Gasteiger partial charge in [-0.25, -0.2) is 8.42 Å². The summed E-state index contributed by atoms with van der Waals surface area (Å²) in [5, 5.41) is 0.869. The molecule has 0 spiro atoms. The lowest BCUT2D eigenvalue weighted by Gasteiger charge is -2.24. The van der Waals surface area contributed by atoms with E-state index in [1.807, 2.05) is 57.2 Å². The van der Waals surface area contributed by atoms with Crippen molar-refractivity contribution >= 4 is 20.9 Å². The number of aryl methyl sites for hydroxylation is 3. The van der Waals surface area contributed by atoms with Crippen molar-refractivity contribution in [3.05, 3.63) is 98.8 Å². The molecule has 0 fully saturated rings. The Kier molecular flexibility index (Phi) is 6.79. The Morgan fingerprint density at radius 3 is 2.35 bits per heavy atom. The molecule has 5 rings (SSSR count). The third-order valence-electron chi connectivity index (χ3n) is 6.93. The fraction of sp³-hybridized carbons (Fsp3) is 0.276. The molecule has 0 saturated heterocycles. The number of ether oxygens (including phenoxy) is 2. The Morgan fingerprint density at radius 1 is 0.838 bits per heavy atom. The van der Waals surface area contributed by atoms with E-state index in [9.17, 15) is 13.2 Å². The number of rotatable bonds is 7. The van der Waals surface area contributed by atoms with Crippen molar-refractivity contribution in [2.45, 2.75) is 38.6 Å². The normalized spacial score (nSPS) is 13.3. The molecule has 1 aliphatic rings. The summed E-state index contributed by atoms with van der Waals surface area (Å²) in [4.78, 5) is 16.1. The molecule has 0 amide bonds. The summed E-state index contributed by atoms with van der Waals surface area (Å²) >= 11 is 0. The van der Waals surface area contributed by atoms with Gasteiger partial charge >= 0.3 is 0 Å². The molecule has 1 N–H and O–H groups in total. The maximum Gasteiger partial charge on any atom is 0.252 e. The fourth-order valence-corrected chi connectivity index (χ4v) is 6.02. The van der Waals surface area contributed by atoms with Crippen molar-refractivity contribution in [3.8, 4) is 11.5 Å². The van der Waals surface area contributed by atoms with E-state index in [-0.39, 0.29) is 23.5 Å². The van der Waals surface area contributed by atoms with Crippen LogP contribution in [0.1, 0.15) is 27.8 Å². The molecule has 0 aliphatic carbocycles. The molecule has 2 heterocycles. The Bertz CT molecular complexity index is 1640. The predicted octanol–water partition coefficient (Wildman–Crippen LogP) is 4.66. The topological polar surface area (TPSA) is 88.7 Å². The van der Waals surface area contributed by atoms with Crippen LogP contribution >= 0.6 is 0 Å². The minimum absolute atomic E-state index is 0.0547.